The molecular formula is C13H16BrNO5. The summed E-state index contributed by atoms with van der Waals surface area (Å²) in [7, 11) is 1.59. The minimum atomic E-state index is -1.10. The third-order valence-electron chi connectivity index (χ3n) is 2.38. The number of nitrogens with one attached hydrogen (secondary N) is 1. The van der Waals surface area contributed by atoms with Gasteiger partial charge in [0.05, 0.1) is 0 Å². The average molecular weight is 346 g/mol. The molecule has 0 unspecified atom stereocenters. The Morgan fingerprint density at radius 1 is 1.40 bits per heavy atom. The van der Waals surface area contributed by atoms with Crippen LogP contribution in [0.1, 0.15) is 16.8 Å². The van der Waals surface area contributed by atoms with Crippen molar-refractivity contribution in [1.82, 2.24) is 5.32 Å². The highest BCUT2D eigenvalue weighted by Gasteiger charge is 2.13. The third kappa shape index (κ3) is 5.58. The summed E-state index contributed by atoms with van der Waals surface area (Å²) >= 11 is 3.22. The van der Waals surface area contributed by atoms with Gasteiger partial charge in [0.25, 0.3) is 5.91 Å². The zero-order valence-electron chi connectivity index (χ0n) is 11.0. The largest absolute Gasteiger partial charge is 0.483 e. The van der Waals surface area contributed by atoms with Gasteiger partial charge in [-0.15, -0.1) is 0 Å². The van der Waals surface area contributed by atoms with E-state index in [4.69, 9.17) is 14.6 Å². The Morgan fingerprint density at radius 2 is 2.15 bits per heavy atom. The standard InChI is InChI=1S/C13H16BrNO5/c1-19-6-2-5-15-12(16)8-20-11-7-9(14)3-4-10(11)13(17)18/h3-4,7H,2,5-6,8H2,1H3,(H,15,16)(H,17,18). The predicted molar refractivity (Wildman–Crippen MR) is 76.1 cm³/mol. The second-order valence-corrected chi connectivity index (χ2v) is 4.85. The first kappa shape index (κ1) is 16.5. The molecular weight excluding hydrogens is 330 g/mol. The molecule has 1 aromatic rings. The maximum Gasteiger partial charge on any atom is 0.339 e. The van der Waals surface area contributed by atoms with E-state index < -0.39 is 5.97 Å². The topological polar surface area (TPSA) is 84.9 Å². The third-order valence-corrected chi connectivity index (χ3v) is 2.87. The van der Waals surface area contributed by atoms with E-state index in [2.05, 4.69) is 21.2 Å². The zero-order valence-corrected chi connectivity index (χ0v) is 12.6. The molecule has 0 saturated heterocycles. The molecule has 6 nitrogen and oxygen atoms in total. The van der Waals surface area contributed by atoms with Crippen LogP contribution in [0.5, 0.6) is 5.75 Å². The molecule has 0 saturated carbocycles. The van der Waals surface area contributed by atoms with Gasteiger partial charge >= 0.3 is 5.97 Å². The number of amides is 1. The Kier molecular flexibility index (Phi) is 7.03. The maximum absolute atomic E-state index is 11.5. The molecule has 2 N–H and O–H groups in total. The lowest BCUT2D eigenvalue weighted by molar-refractivity contribution is -0.123. The number of rotatable bonds is 8. The number of hydrogen-bond donors (Lipinski definition) is 2. The lowest BCUT2D eigenvalue weighted by atomic mass is 10.2. The van der Waals surface area contributed by atoms with Crippen LogP contribution in [0.3, 0.4) is 0 Å². The average Bonchev–Trinajstić information content (AvgIpc) is 2.41. The highest BCUT2D eigenvalue weighted by molar-refractivity contribution is 9.10. The number of benzene rings is 1. The number of carboxylic acids is 1. The first-order valence-corrected chi connectivity index (χ1v) is 6.75. The molecule has 0 spiro atoms. The SMILES string of the molecule is COCCCNC(=O)COc1cc(Br)ccc1C(=O)O. The Morgan fingerprint density at radius 3 is 2.80 bits per heavy atom. The highest BCUT2D eigenvalue weighted by atomic mass is 79.9. The van der Waals surface area contributed by atoms with Crippen LogP contribution in [0.15, 0.2) is 22.7 Å². The number of hydrogen-bond acceptors (Lipinski definition) is 4. The van der Waals surface area contributed by atoms with Crippen molar-refractivity contribution in [3.63, 3.8) is 0 Å². The molecule has 0 aliphatic carbocycles. The fraction of sp³-hybridized carbons (Fsp3) is 0.385. The van der Waals surface area contributed by atoms with E-state index >= 15 is 0 Å². The Labute approximate surface area is 125 Å². The smallest absolute Gasteiger partial charge is 0.339 e. The van der Waals surface area contributed by atoms with Crippen molar-refractivity contribution in [3.8, 4) is 5.75 Å². The molecule has 1 amide bonds. The summed E-state index contributed by atoms with van der Waals surface area (Å²) < 4.78 is 10.8. The van der Waals surface area contributed by atoms with Crippen molar-refractivity contribution in [1.29, 1.82) is 0 Å². The van der Waals surface area contributed by atoms with Crippen molar-refractivity contribution in [2.45, 2.75) is 6.42 Å². The first-order valence-electron chi connectivity index (χ1n) is 5.96. The summed E-state index contributed by atoms with van der Waals surface area (Å²) in [6.45, 7) is 0.819. The maximum atomic E-state index is 11.5. The van der Waals surface area contributed by atoms with Crippen LogP contribution in [0.4, 0.5) is 0 Å². The van der Waals surface area contributed by atoms with Crippen LogP contribution in [0.2, 0.25) is 0 Å². The van der Waals surface area contributed by atoms with Gasteiger partial charge in [-0.25, -0.2) is 4.79 Å². The molecule has 0 radical (unpaired) electrons. The predicted octanol–water partition coefficient (Wildman–Crippen LogP) is 1.68. The first-order chi connectivity index (χ1) is 9.54. The number of halogens is 1. The molecule has 0 fully saturated rings. The van der Waals surface area contributed by atoms with Gasteiger partial charge in [0.2, 0.25) is 0 Å². The lowest BCUT2D eigenvalue weighted by Crippen LogP contribution is -2.30. The Hall–Kier alpha value is -1.60. The molecule has 7 heteroatoms. The van der Waals surface area contributed by atoms with Crippen LogP contribution in [0.25, 0.3) is 0 Å². The van der Waals surface area contributed by atoms with Gasteiger partial charge in [0.15, 0.2) is 6.61 Å². The molecule has 0 bridgehead atoms. The summed E-state index contributed by atoms with van der Waals surface area (Å²) in [6, 6.07) is 4.53. The van der Waals surface area contributed by atoms with Crippen molar-refractivity contribution in [3.05, 3.63) is 28.2 Å². The summed E-state index contributed by atoms with van der Waals surface area (Å²) in [5.41, 5.74) is 0.0142. The summed E-state index contributed by atoms with van der Waals surface area (Å²) in [4.78, 5) is 22.5. The van der Waals surface area contributed by atoms with Gasteiger partial charge < -0.3 is 19.9 Å². The summed E-state index contributed by atoms with van der Waals surface area (Å²) in [5.74, 6) is -1.26. The molecule has 1 aromatic carbocycles. The lowest BCUT2D eigenvalue weighted by Gasteiger charge is -2.10. The summed E-state index contributed by atoms with van der Waals surface area (Å²) in [6.07, 6.45) is 0.708. The monoisotopic (exact) mass is 345 g/mol. The zero-order chi connectivity index (χ0) is 15.0. The van der Waals surface area contributed by atoms with E-state index in [9.17, 15) is 9.59 Å². The number of carbonyl (C=O) groups is 2. The van der Waals surface area contributed by atoms with Crippen molar-refractivity contribution in [2.24, 2.45) is 0 Å². The molecule has 0 aliphatic rings. The van der Waals surface area contributed by atoms with E-state index in [-0.39, 0.29) is 23.8 Å². The molecule has 20 heavy (non-hydrogen) atoms. The minimum absolute atomic E-state index is 0.0142. The van der Waals surface area contributed by atoms with Crippen LogP contribution in [-0.4, -0.2) is 43.9 Å². The van der Waals surface area contributed by atoms with Gasteiger partial charge in [-0.3, -0.25) is 4.79 Å². The fourth-order valence-electron chi connectivity index (χ4n) is 1.43. The van der Waals surface area contributed by atoms with Gasteiger partial charge in [-0.05, 0) is 24.6 Å². The van der Waals surface area contributed by atoms with Gasteiger partial charge in [0.1, 0.15) is 11.3 Å². The van der Waals surface area contributed by atoms with Crippen molar-refractivity contribution >= 4 is 27.8 Å². The van der Waals surface area contributed by atoms with Gasteiger partial charge in [-0.2, -0.15) is 0 Å². The molecule has 1 rings (SSSR count). The van der Waals surface area contributed by atoms with E-state index in [0.717, 1.165) is 0 Å². The van der Waals surface area contributed by atoms with Crippen molar-refractivity contribution in [2.75, 3.05) is 26.9 Å². The van der Waals surface area contributed by atoms with E-state index in [1.807, 2.05) is 0 Å². The second kappa shape index (κ2) is 8.55. The van der Waals surface area contributed by atoms with E-state index in [1.165, 1.54) is 12.1 Å². The van der Waals surface area contributed by atoms with Crippen molar-refractivity contribution < 1.29 is 24.2 Å². The second-order valence-electron chi connectivity index (χ2n) is 3.93. The van der Waals surface area contributed by atoms with Crippen LogP contribution >= 0.6 is 15.9 Å². The minimum Gasteiger partial charge on any atom is -0.483 e. The Bertz CT molecular complexity index is 478. The normalized spacial score (nSPS) is 10.1. The number of ether oxygens (including phenoxy) is 2. The molecule has 0 aromatic heterocycles. The highest BCUT2D eigenvalue weighted by Crippen LogP contribution is 2.23. The molecule has 0 aliphatic heterocycles. The number of aromatic carboxylic acids is 1. The van der Waals surface area contributed by atoms with Gasteiger partial charge in [0, 0.05) is 24.7 Å². The van der Waals surface area contributed by atoms with Crippen LogP contribution in [0, 0.1) is 0 Å². The van der Waals surface area contributed by atoms with Crippen LogP contribution in [-0.2, 0) is 9.53 Å². The number of carboxylic acid groups (broad SMARTS) is 1. The van der Waals surface area contributed by atoms with Gasteiger partial charge in [-0.1, -0.05) is 15.9 Å². The number of carbonyl (C=O) groups excluding carboxylic acids is 1. The summed E-state index contributed by atoms with van der Waals surface area (Å²) in [5, 5.41) is 11.7. The van der Waals surface area contributed by atoms with Crippen LogP contribution < -0.4 is 10.1 Å². The molecule has 0 heterocycles. The van der Waals surface area contributed by atoms with E-state index in [0.29, 0.717) is 24.0 Å². The fourth-order valence-corrected chi connectivity index (χ4v) is 1.77. The quantitative estimate of drug-likeness (QED) is 0.700. The molecule has 0 atom stereocenters. The Balaban J connectivity index is 2.50. The molecule has 110 valence electrons. The number of methoxy groups -OCH3 is 1. The van der Waals surface area contributed by atoms with E-state index in [1.54, 1.807) is 13.2 Å².